The smallest absolute Gasteiger partial charge is 0.185 e. The van der Waals surface area contributed by atoms with Crippen molar-refractivity contribution in [3.63, 3.8) is 0 Å². The molecular formula is C10H14N6. The molecule has 0 aliphatic heterocycles. The number of fused-ring (bicyclic) bond motifs is 1. The van der Waals surface area contributed by atoms with Crippen LogP contribution in [0.2, 0.25) is 0 Å². The first-order valence-electron chi connectivity index (χ1n) is 4.94. The van der Waals surface area contributed by atoms with Gasteiger partial charge >= 0.3 is 0 Å². The molecule has 0 aromatic carbocycles. The third kappa shape index (κ3) is 1.73. The Morgan fingerprint density at radius 2 is 2.06 bits per heavy atom. The molecule has 6 nitrogen and oxygen atoms in total. The van der Waals surface area contributed by atoms with Gasteiger partial charge in [-0.1, -0.05) is 0 Å². The van der Waals surface area contributed by atoms with Gasteiger partial charge in [0.15, 0.2) is 17.0 Å². The number of aryl methyl sites for hydroxylation is 1. The van der Waals surface area contributed by atoms with Gasteiger partial charge in [-0.3, -0.25) is 0 Å². The fraction of sp³-hybridized carbons (Fsp3) is 0.400. The molecule has 0 aliphatic rings. The number of nitrogens with zero attached hydrogens (tertiary/aromatic N) is 6. The van der Waals surface area contributed by atoms with Crippen LogP contribution in [0.4, 0.5) is 5.82 Å². The molecule has 0 spiro atoms. The lowest BCUT2D eigenvalue weighted by atomic mass is 10.5. The Morgan fingerprint density at radius 3 is 2.75 bits per heavy atom. The Labute approximate surface area is 93.7 Å². The second kappa shape index (κ2) is 3.88. The number of hydrogen-bond acceptors (Lipinski definition) is 4. The van der Waals surface area contributed by atoms with E-state index >= 15 is 0 Å². The molecule has 2 aromatic rings. The van der Waals surface area contributed by atoms with Crippen molar-refractivity contribution < 1.29 is 0 Å². The molecule has 0 unspecified atom stereocenters. The van der Waals surface area contributed by atoms with Gasteiger partial charge in [0.25, 0.3) is 0 Å². The van der Waals surface area contributed by atoms with Gasteiger partial charge in [0.1, 0.15) is 12.2 Å². The maximum Gasteiger partial charge on any atom is 0.185 e. The number of rotatable bonds is 1. The Morgan fingerprint density at radius 1 is 1.31 bits per heavy atom. The van der Waals surface area contributed by atoms with E-state index in [4.69, 9.17) is 0 Å². The first kappa shape index (κ1) is 10.5. The van der Waals surface area contributed by atoms with Crippen molar-refractivity contribution in [2.45, 2.75) is 6.92 Å². The molecule has 0 N–H and O–H groups in total. The highest BCUT2D eigenvalue weighted by Crippen LogP contribution is 2.19. The highest BCUT2D eigenvalue weighted by molar-refractivity contribution is 5.88. The quantitative estimate of drug-likeness (QED) is 0.528. The molecule has 0 aliphatic carbocycles. The summed E-state index contributed by atoms with van der Waals surface area (Å²) < 4.78 is 1.85. The lowest BCUT2D eigenvalue weighted by molar-refractivity contribution is 0.618. The SMILES string of the molecule is CC(=Nc1ncnc2c1ncn2C)N(C)C. The molecule has 0 radical (unpaired) electrons. The molecule has 2 heterocycles. The van der Waals surface area contributed by atoms with E-state index in [-0.39, 0.29) is 0 Å². The predicted molar refractivity (Wildman–Crippen MR) is 62.8 cm³/mol. The second-order valence-corrected chi connectivity index (χ2v) is 3.78. The Hall–Kier alpha value is -1.98. The van der Waals surface area contributed by atoms with Gasteiger partial charge < -0.3 is 9.47 Å². The number of aliphatic imine (C=N–C) groups is 1. The van der Waals surface area contributed by atoms with E-state index in [0.717, 1.165) is 17.0 Å². The molecule has 16 heavy (non-hydrogen) atoms. The van der Waals surface area contributed by atoms with Crippen LogP contribution >= 0.6 is 0 Å². The molecule has 0 bridgehead atoms. The maximum absolute atomic E-state index is 4.42. The van der Waals surface area contributed by atoms with Crippen LogP contribution in [0.25, 0.3) is 11.2 Å². The summed E-state index contributed by atoms with van der Waals surface area (Å²) in [6, 6.07) is 0. The van der Waals surface area contributed by atoms with Gasteiger partial charge in [0, 0.05) is 21.1 Å². The average Bonchev–Trinajstić information content (AvgIpc) is 2.62. The van der Waals surface area contributed by atoms with Crippen molar-refractivity contribution in [2.75, 3.05) is 14.1 Å². The van der Waals surface area contributed by atoms with E-state index in [1.807, 2.05) is 37.5 Å². The summed E-state index contributed by atoms with van der Waals surface area (Å²) in [5, 5.41) is 0. The molecule has 0 saturated carbocycles. The van der Waals surface area contributed by atoms with Crippen LogP contribution in [0.5, 0.6) is 0 Å². The van der Waals surface area contributed by atoms with Crippen LogP contribution in [-0.2, 0) is 7.05 Å². The number of aromatic nitrogens is 4. The highest BCUT2D eigenvalue weighted by Gasteiger charge is 2.07. The summed E-state index contributed by atoms with van der Waals surface area (Å²) >= 11 is 0. The van der Waals surface area contributed by atoms with Crippen LogP contribution < -0.4 is 0 Å². The van der Waals surface area contributed by atoms with Gasteiger partial charge in [-0.05, 0) is 6.92 Å². The predicted octanol–water partition coefficient (Wildman–Crippen LogP) is 0.975. The normalized spacial score (nSPS) is 12.1. The second-order valence-electron chi connectivity index (χ2n) is 3.78. The summed E-state index contributed by atoms with van der Waals surface area (Å²) in [6.07, 6.45) is 3.22. The van der Waals surface area contributed by atoms with Gasteiger partial charge in [-0.25, -0.2) is 19.9 Å². The molecule has 0 saturated heterocycles. The third-order valence-corrected chi connectivity index (χ3v) is 2.39. The lowest BCUT2D eigenvalue weighted by Crippen LogP contribution is -2.17. The first-order valence-corrected chi connectivity index (χ1v) is 4.94. The standard InChI is InChI=1S/C10H14N6/c1-7(15(2)3)14-9-8-10(12-5-11-9)16(4)6-13-8/h5-6H,1-4H3. The maximum atomic E-state index is 4.42. The van der Waals surface area contributed by atoms with Crippen molar-refractivity contribution in [1.29, 1.82) is 0 Å². The molecule has 2 aromatic heterocycles. The zero-order chi connectivity index (χ0) is 11.7. The molecule has 0 atom stereocenters. The van der Waals surface area contributed by atoms with Crippen molar-refractivity contribution in [2.24, 2.45) is 12.0 Å². The number of imidazole rings is 1. The Kier molecular flexibility index (Phi) is 2.55. The van der Waals surface area contributed by atoms with Gasteiger partial charge in [-0.15, -0.1) is 0 Å². The summed E-state index contributed by atoms with van der Waals surface area (Å²) in [5.41, 5.74) is 1.52. The van der Waals surface area contributed by atoms with E-state index in [2.05, 4.69) is 19.9 Å². The minimum Gasteiger partial charge on any atom is -0.366 e. The highest BCUT2D eigenvalue weighted by atomic mass is 15.2. The number of amidine groups is 1. The van der Waals surface area contributed by atoms with E-state index in [0.29, 0.717) is 5.82 Å². The molecule has 2 rings (SSSR count). The van der Waals surface area contributed by atoms with E-state index in [9.17, 15) is 0 Å². The van der Waals surface area contributed by atoms with Gasteiger partial charge in [0.05, 0.1) is 6.33 Å². The third-order valence-electron chi connectivity index (χ3n) is 2.39. The summed E-state index contributed by atoms with van der Waals surface area (Å²) in [5.74, 6) is 1.49. The summed E-state index contributed by atoms with van der Waals surface area (Å²) in [7, 11) is 5.78. The topological polar surface area (TPSA) is 59.2 Å². The minimum absolute atomic E-state index is 0.608. The average molecular weight is 218 g/mol. The minimum atomic E-state index is 0.608. The van der Waals surface area contributed by atoms with Gasteiger partial charge in [0.2, 0.25) is 0 Å². The van der Waals surface area contributed by atoms with E-state index in [1.165, 1.54) is 6.33 Å². The first-order chi connectivity index (χ1) is 7.59. The van der Waals surface area contributed by atoms with Crippen LogP contribution in [0.3, 0.4) is 0 Å². The molecule has 6 heteroatoms. The van der Waals surface area contributed by atoms with Crippen LogP contribution in [0.1, 0.15) is 6.92 Å². The van der Waals surface area contributed by atoms with Crippen molar-refractivity contribution in [1.82, 2.24) is 24.4 Å². The van der Waals surface area contributed by atoms with Crippen LogP contribution in [-0.4, -0.2) is 44.3 Å². The molecule has 84 valence electrons. The van der Waals surface area contributed by atoms with Crippen molar-refractivity contribution >= 4 is 22.8 Å². The molecular weight excluding hydrogens is 204 g/mol. The molecule has 0 amide bonds. The number of hydrogen-bond donors (Lipinski definition) is 0. The fourth-order valence-corrected chi connectivity index (χ4v) is 1.27. The summed E-state index contributed by atoms with van der Waals surface area (Å²) in [6.45, 7) is 1.93. The van der Waals surface area contributed by atoms with Crippen molar-refractivity contribution in [3.05, 3.63) is 12.7 Å². The zero-order valence-electron chi connectivity index (χ0n) is 9.84. The Bertz CT molecular complexity index is 539. The summed E-state index contributed by atoms with van der Waals surface area (Å²) in [4.78, 5) is 18.9. The zero-order valence-corrected chi connectivity index (χ0v) is 9.84. The van der Waals surface area contributed by atoms with E-state index in [1.54, 1.807) is 6.33 Å². The van der Waals surface area contributed by atoms with Crippen LogP contribution in [0.15, 0.2) is 17.6 Å². The largest absolute Gasteiger partial charge is 0.366 e. The molecule has 0 fully saturated rings. The fourth-order valence-electron chi connectivity index (χ4n) is 1.27. The Balaban J connectivity index is 2.57. The van der Waals surface area contributed by atoms with E-state index < -0.39 is 0 Å². The van der Waals surface area contributed by atoms with Crippen molar-refractivity contribution in [3.8, 4) is 0 Å². The van der Waals surface area contributed by atoms with Crippen LogP contribution in [0, 0.1) is 0 Å². The lowest BCUT2D eigenvalue weighted by Gasteiger charge is -2.10. The monoisotopic (exact) mass is 218 g/mol. The van der Waals surface area contributed by atoms with Gasteiger partial charge in [-0.2, -0.15) is 0 Å².